The molecule has 27 heavy (non-hydrogen) atoms. The Hall–Kier alpha value is -3.19. The molecule has 0 atom stereocenters. The lowest BCUT2D eigenvalue weighted by atomic mass is 10.2. The molecule has 0 saturated carbocycles. The van der Waals surface area contributed by atoms with E-state index in [9.17, 15) is 0 Å². The SMILES string of the molecule is CCc1c(NCc2nnnn2-c2ccccc2)cnn1-c1ccccc1Cl. The van der Waals surface area contributed by atoms with Gasteiger partial charge in [-0.15, -0.1) is 5.10 Å². The van der Waals surface area contributed by atoms with Crippen LogP contribution >= 0.6 is 11.6 Å². The van der Waals surface area contributed by atoms with Crippen molar-refractivity contribution < 1.29 is 0 Å². The Morgan fingerprint density at radius 3 is 2.56 bits per heavy atom. The first kappa shape index (κ1) is 17.2. The van der Waals surface area contributed by atoms with Gasteiger partial charge in [0.15, 0.2) is 5.82 Å². The summed E-state index contributed by atoms with van der Waals surface area (Å²) < 4.78 is 3.59. The molecular formula is C19H18ClN7. The van der Waals surface area contributed by atoms with E-state index in [0.717, 1.165) is 29.2 Å². The Balaban J connectivity index is 1.59. The first-order valence-electron chi connectivity index (χ1n) is 8.66. The van der Waals surface area contributed by atoms with E-state index < -0.39 is 0 Å². The van der Waals surface area contributed by atoms with E-state index in [-0.39, 0.29) is 0 Å². The van der Waals surface area contributed by atoms with Crippen molar-refractivity contribution in [1.29, 1.82) is 0 Å². The van der Waals surface area contributed by atoms with Crippen LogP contribution in [0, 0.1) is 0 Å². The summed E-state index contributed by atoms with van der Waals surface area (Å²) in [6, 6.07) is 17.5. The molecule has 2 aromatic heterocycles. The van der Waals surface area contributed by atoms with E-state index in [1.54, 1.807) is 10.9 Å². The van der Waals surface area contributed by atoms with Gasteiger partial charge in [0, 0.05) is 0 Å². The van der Waals surface area contributed by atoms with Crippen molar-refractivity contribution in [3.05, 3.63) is 77.3 Å². The summed E-state index contributed by atoms with van der Waals surface area (Å²) in [5.74, 6) is 0.716. The lowest BCUT2D eigenvalue weighted by Gasteiger charge is -2.10. The van der Waals surface area contributed by atoms with Gasteiger partial charge in [0.25, 0.3) is 0 Å². The summed E-state index contributed by atoms with van der Waals surface area (Å²) in [6.07, 6.45) is 2.61. The Labute approximate surface area is 161 Å². The first-order valence-corrected chi connectivity index (χ1v) is 9.04. The molecule has 0 saturated heterocycles. The van der Waals surface area contributed by atoms with Crippen LogP contribution in [0.3, 0.4) is 0 Å². The third-order valence-corrected chi connectivity index (χ3v) is 4.58. The lowest BCUT2D eigenvalue weighted by molar-refractivity contribution is 0.767. The fourth-order valence-electron chi connectivity index (χ4n) is 2.95. The van der Waals surface area contributed by atoms with Gasteiger partial charge in [-0.05, 0) is 41.1 Å². The minimum absolute atomic E-state index is 0.475. The standard InChI is InChI=1S/C19H18ClN7/c1-2-17-16(12-22-27(17)18-11-7-6-10-15(18)20)21-13-19-23-24-25-26(19)14-8-4-3-5-9-14/h3-12,21H,2,13H2,1H3. The van der Waals surface area contributed by atoms with Crippen LogP contribution in [0.4, 0.5) is 5.69 Å². The Bertz CT molecular complexity index is 1040. The molecule has 4 aromatic rings. The highest BCUT2D eigenvalue weighted by Gasteiger charge is 2.14. The number of rotatable bonds is 6. The molecule has 0 aliphatic heterocycles. The topological polar surface area (TPSA) is 73.5 Å². The largest absolute Gasteiger partial charge is 0.375 e. The number of benzene rings is 2. The Kier molecular flexibility index (Phi) is 4.84. The number of tetrazole rings is 1. The van der Waals surface area contributed by atoms with Crippen molar-refractivity contribution in [2.75, 3.05) is 5.32 Å². The van der Waals surface area contributed by atoms with Gasteiger partial charge in [-0.25, -0.2) is 4.68 Å². The molecule has 0 bridgehead atoms. The quantitative estimate of drug-likeness (QED) is 0.553. The maximum Gasteiger partial charge on any atom is 0.175 e. The highest BCUT2D eigenvalue weighted by molar-refractivity contribution is 6.32. The average molecular weight is 380 g/mol. The second-order valence-corrected chi connectivity index (χ2v) is 6.32. The lowest BCUT2D eigenvalue weighted by Crippen LogP contribution is -2.10. The summed E-state index contributed by atoms with van der Waals surface area (Å²) in [6.45, 7) is 2.56. The van der Waals surface area contributed by atoms with Crippen LogP contribution < -0.4 is 5.32 Å². The fourth-order valence-corrected chi connectivity index (χ4v) is 3.17. The van der Waals surface area contributed by atoms with E-state index in [1.807, 2.05) is 59.3 Å². The molecule has 2 aromatic carbocycles. The van der Waals surface area contributed by atoms with Crippen LogP contribution in [0.2, 0.25) is 5.02 Å². The van der Waals surface area contributed by atoms with Crippen LogP contribution in [0.5, 0.6) is 0 Å². The van der Waals surface area contributed by atoms with Gasteiger partial charge >= 0.3 is 0 Å². The van der Waals surface area contributed by atoms with E-state index in [1.165, 1.54) is 0 Å². The normalized spacial score (nSPS) is 10.9. The van der Waals surface area contributed by atoms with Crippen LogP contribution in [0.15, 0.2) is 60.8 Å². The zero-order valence-corrected chi connectivity index (χ0v) is 15.5. The molecule has 0 radical (unpaired) electrons. The van der Waals surface area contributed by atoms with Crippen LogP contribution in [-0.4, -0.2) is 30.0 Å². The molecule has 0 unspecified atom stereocenters. The summed E-state index contributed by atoms with van der Waals surface area (Å²) in [5, 5.41) is 20.6. The number of hydrogen-bond donors (Lipinski definition) is 1. The highest BCUT2D eigenvalue weighted by atomic mass is 35.5. The molecule has 8 heteroatoms. The molecule has 2 heterocycles. The van der Waals surface area contributed by atoms with E-state index in [0.29, 0.717) is 17.4 Å². The minimum Gasteiger partial charge on any atom is -0.375 e. The Morgan fingerprint density at radius 2 is 1.78 bits per heavy atom. The van der Waals surface area contributed by atoms with Crippen molar-refractivity contribution in [3.63, 3.8) is 0 Å². The summed E-state index contributed by atoms with van der Waals surface area (Å²) >= 11 is 6.33. The summed E-state index contributed by atoms with van der Waals surface area (Å²) in [7, 11) is 0. The predicted molar refractivity (Wildman–Crippen MR) is 104 cm³/mol. The molecule has 1 N–H and O–H groups in total. The molecular weight excluding hydrogens is 362 g/mol. The predicted octanol–water partition coefficient (Wildman–Crippen LogP) is 3.68. The third kappa shape index (κ3) is 3.41. The number of hydrogen-bond acceptors (Lipinski definition) is 5. The molecule has 136 valence electrons. The van der Waals surface area contributed by atoms with Crippen LogP contribution in [-0.2, 0) is 13.0 Å². The first-order chi connectivity index (χ1) is 13.3. The second-order valence-electron chi connectivity index (χ2n) is 5.92. The van der Waals surface area contributed by atoms with Gasteiger partial charge in [0.1, 0.15) is 0 Å². The molecule has 0 fully saturated rings. The smallest absolute Gasteiger partial charge is 0.175 e. The monoisotopic (exact) mass is 379 g/mol. The number of aromatic nitrogens is 6. The molecule has 0 spiro atoms. The van der Waals surface area contributed by atoms with Crippen LogP contribution in [0.25, 0.3) is 11.4 Å². The number of para-hydroxylation sites is 2. The zero-order valence-electron chi connectivity index (χ0n) is 14.7. The van der Waals surface area contributed by atoms with Crippen molar-refractivity contribution in [3.8, 4) is 11.4 Å². The Morgan fingerprint density at radius 1 is 1.00 bits per heavy atom. The molecule has 0 aliphatic carbocycles. The molecule has 0 amide bonds. The summed E-state index contributed by atoms with van der Waals surface area (Å²) in [4.78, 5) is 0. The number of halogens is 1. The van der Waals surface area contributed by atoms with Crippen LogP contribution in [0.1, 0.15) is 18.4 Å². The van der Waals surface area contributed by atoms with Gasteiger partial charge < -0.3 is 5.32 Å². The minimum atomic E-state index is 0.475. The van der Waals surface area contributed by atoms with Crippen molar-refractivity contribution in [2.45, 2.75) is 19.9 Å². The van der Waals surface area contributed by atoms with Gasteiger partial charge in [-0.3, -0.25) is 0 Å². The van der Waals surface area contributed by atoms with Crippen molar-refractivity contribution in [1.82, 2.24) is 30.0 Å². The fraction of sp³-hybridized carbons (Fsp3) is 0.158. The molecule has 0 aliphatic rings. The van der Waals surface area contributed by atoms with Crippen molar-refractivity contribution in [2.24, 2.45) is 0 Å². The second kappa shape index (κ2) is 7.59. The van der Waals surface area contributed by atoms with Gasteiger partial charge in [-0.2, -0.15) is 9.78 Å². The molecule has 7 nitrogen and oxygen atoms in total. The number of anilines is 1. The average Bonchev–Trinajstić information content (AvgIpc) is 3.34. The number of nitrogens with one attached hydrogen (secondary N) is 1. The van der Waals surface area contributed by atoms with Gasteiger partial charge in [-0.1, -0.05) is 48.9 Å². The van der Waals surface area contributed by atoms with Crippen molar-refractivity contribution >= 4 is 17.3 Å². The summed E-state index contributed by atoms with van der Waals surface area (Å²) in [5.41, 5.74) is 3.75. The third-order valence-electron chi connectivity index (χ3n) is 4.26. The maximum atomic E-state index is 6.33. The molecule has 4 rings (SSSR count). The zero-order chi connectivity index (χ0) is 18.6. The van der Waals surface area contributed by atoms with E-state index >= 15 is 0 Å². The maximum absolute atomic E-state index is 6.33. The van der Waals surface area contributed by atoms with Gasteiger partial charge in [0.2, 0.25) is 0 Å². The van der Waals surface area contributed by atoms with Gasteiger partial charge in [0.05, 0.1) is 40.5 Å². The van der Waals surface area contributed by atoms with E-state index in [2.05, 4.69) is 32.9 Å². The number of nitrogens with zero attached hydrogens (tertiary/aromatic N) is 6. The van der Waals surface area contributed by atoms with E-state index in [4.69, 9.17) is 11.6 Å². The highest BCUT2D eigenvalue weighted by Crippen LogP contribution is 2.25.